The summed E-state index contributed by atoms with van der Waals surface area (Å²) in [5.74, 6) is 2.67. The minimum absolute atomic E-state index is 0.151. The van der Waals surface area contributed by atoms with Gasteiger partial charge in [0.05, 0.1) is 11.5 Å². The molecule has 3 unspecified atom stereocenters. The Morgan fingerprint density at radius 3 is 2.88 bits per heavy atom. The highest BCUT2D eigenvalue weighted by atomic mass is 16.5. The summed E-state index contributed by atoms with van der Waals surface area (Å²) in [5.41, 5.74) is 4.61. The predicted molar refractivity (Wildman–Crippen MR) is 94.7 cm³/mol. The first-order chi connectivity index (χ1) is 11.7. The van der Waals surface area contributed by atoms with E-state index < -0.39 is 0 Å². The standard InChI is InChI=1S/C22H21NO/c1-13(2)23-21-15(20-16-8-5-6-12-22(16,20)23)10-11-18-19(21)14-7-3-4-9-17(14)24-18/h3-13,16,18-20H,1-2H3/t16?,18?,19?,20-,22+/m1/s1. The number of rotatable bonds is 1. The van der Waals surface area contributed by atoms with E-state index in [0.29, 0.717) is 23.8 Å². The normalized spacial score (nSPS) is 39.4. The molecule has 0 N–H and O–H groups in total. The minimum Gasteiger partial charge on any atom is -0.485 e. The Labute approximate surface area is 142 Å². The van der Waals surface area contributed by atoms with Crippen LogP contribution in [0.1, 0.15) is 25.3 Å². The number of nitrogens with zero attached hydrogens (tertiary/aromatic N) is 1. The van der Waals surface area contributed by atoms with Crippen LogP contribution in [-0.4, -0.2) is 22.6 Å². The van der Waals surface area contributed by atoms with Crippen LogP contribution >= 0.6 is 0 Å². The van der Waals surface area contributed by atoms with Crippen LogP contribution in [0.4, 0.5) is 0 Å². The molecule has 1 aromatic carbocycles. The third-order valence-electron chi connectivity index (χ3n) is 6.50. The second-order valence-electron chi connectivity index (χ2n) is 7.90. The van der Waals surface area contributed by atoms with Crippen LogP contribution in [0.3, 0.4) is 0 Å². The lowest BCUT2D eigenvalue weighted by Crippen LogP contribution is -2.43. The molecule has 1 fully saturated rings. The lowest BCUT2D eigenvalue weighted by Gasteiger charge is -2.40. The van der Waals surface area contributed by atoms with Gasteiger partial charge in [-0.15, -0.1) is 0 Å². The van der Waals surface area contributed by atoms with Crippen molar-refractivity contribution >= 4 is 0 Å². The van der Waals surface area contributed by atoms with Gasteiger partial charge in [0.15, 0.2) is 0 Å². The van der Waals surface area contributed by atoms with Crippen LogP contribution in [0.15, 0.2) is 72.0 Å². The van der Waals surface area contributed by atoms with E-state index in [1.807, 2.05) is 0 Å². The van der Waals surface area contributed by atoms with Gasteiger partial charge in [0.2, 0.25) is 0 Å². The van der Waals surface area contributed by atoms with E-state index in [4.69, 9.17) is 4.74 Å². The molecule has 120 valence electrons. The highest BCUT2D eigenvalue weighted by Gasteiger charge is 2.73. The van der Waals surface area contributed by atoms with Crippen molar-refractivity contribution in [2.24, 2.45) is 11.8 Å². The first-order valence-electron chi connectivity index (χ1n) is 9.06. The summed E-state index contributed by atoms with van der Waals surface area (Å²) in [6.07, 6.45) is 14.1. The molecule has 0 aromatic heterocycles. The van der Waals surface area contributed by atoms with Crippen molar-refractivity contribution in [1.82, 2.24) is 4.90 Å². The van der Waals surface area contributed by atoms with E-state index in [0.717, 1.165) is 5.75 Å². The van der Waals surface area contributed by atoms with Gasteiger partial charge in [-0.05, 0) is 31.6 Å². The summed E-state index contributed by atoms with van der Waals surface area (Å²) in [5, 5.41) is 0. The van der Waals surface area contributed by atoms with Crippen LogP contribution in [0.5, 0.6) is 5.75 Å². The fourth-order valence-electron chi connectivity index (χ4n) is 5.77. The number of hydrogen-bond donors (Lipinski definition) is 0. The van der Waals surface area contributed by atoms with Gasteiger partial charge >= 0.3 is 0 Å². The number of ether oxygens (including phenoxy) is 1. The third kappa shape index (κ3) is 1.28. The van der Waals surface area contributed by atoms with Gasteiger partial charge in [-0.2, -0.15) is 0 Å². The highest BCUT2D eigenvalue weighted by Crippen LogP contribution is 2.70. The lowest BCUT2D eigenvalue weighted by molar-refractivity contribution is 0.184. The topological polar surface area (TPSA) is 12.5 Å². The van der Waals surface area contributed by atoms with E-state index >= 15 is 0 Å². The van der Waals surface area contributed by atoms with Gasteiger partial charge in [0.1, 0.15) is 11.9 Å². The summed E-state index contributed by atoms with van der Waals surface area (Å²) >= 11 is 0. The van der Waals surface area contributed by atoms with Gasteiger partial charge in [0, 0.05) is 29.1 Å². The lowest BCUT2D eigenvalue weighted by atomic mass is 9.83. The van der Waals surface area contributed by atoms with Gasteiger partial charge < -0.3 is 9.64 Å². The average Bonchev–Trinajstić information content (AvgIpc) is 2.95. The molecule has 0 radical (unpaired) electrons. The quantitative estimate of drug-likeness (QED) is 0.770. The fourth-order valence-corrected chi connectivity index (χ4v) is 5.77. The number of para-hydroxylation sites is 1. The first kappa shape index (κ1) is 13.1. The average molecular weight is 315 g/mol. The van der Waals surface area contributed by atoms with Crippen molar-refractivity contribution in [3.63, 3.8) is 0 Å². The molecule has 5 atom stereocenters. The van der Waals surface area contributed by atoms with Crippen LogP contribution in [0.2, 0.25) is 0 Å². The van der Waals surface area contributed by atoms with Crippen LogP contribution in [-0.2, 0) is 0 Å². The SMILES string of the molecule is CC(C)N1C2=C(C=CC3Oc4ccccc4C23)[C@@H]2C3C=CC=C[C@]321. The summed E-state index contributed by atoms with van der Waals surface area (Å²) in [4.78, 5) is 2.71. The number of benzene rings is 1. The molecule has 2 heterocycles. The zero-order chi connectivity index (χ0) is 16.1. The zero-order valence-electron chi connectivity index (χ0n) is 14.0. The van der Waals surface area contributed by atoms with E-state index in [1.165, 1.54) is 11.3 Å². The Kier molecular flexibility index (Phi) is 2.22. The molecule has 2 heteroatoms. The molecule has 6 rings (SSSR count). The van der Waals surface area contributed by atoms with E-state index in [9.17, 15) is 0 Å². The minimum atomic E-state index is 0.151. The zero-order valence-corrected chi connectivity index (χ0v) is 14.0. The van der Waals surface area contributed by atoms with Crippen molar-refractivity contribution < 1.29 is 4.74 Å². The maximum Gasteiger partial charge on any atom is 0.130 e. The molecular weight excluding hydrogens is 294 g/mol. The van der Waals surface area contributed by atoms with Gasteiger partial charge in [-0.3, -0.25) is 0 Å². The first-order valence-corrected chi connectivity index (χ1v) is 9.06. The summed E-state index contributed by atoms with van der Waals surface area (Å²) in [7, 11) is 0. The molecule has 3 aliphatic carbocycles. The molecule has 1 saturated carbocycles. The molecular formula is C22H21NO. The van der Waals surface area contributed by atoms with Crippen molar-refractivity contribution in [2.45, 2.75) is 37.5 Å². The number of fused-ring (bicyclic) bond motifs is 6. The van der Waals surface area contributed by atoms with Gasteiger partial charge in [0.25, 0.3) is 0 Å². The number of hydrogen-bond acceptors (Lipinski definition) is 2. The maximum absolute atomic E-state index is 6.25. The molecule has 1 aromatic rings. The Morgan fingerprint density at radius 2 is 2.00 bits per heavy atom. The monoisotopic (exact) mass is 315 g/mol. The third-order valence-corrected chi connectivity index (χ3v) is 6.50. The van der Waals surface area contributed by atoms with E-state index in [1.54, 1.807) is 5.57 Å². The predicted octanol–water partition coefficient (Wildman–Crippen LogP) is 4.19. The number of allylic oxidation sites excluding steroid dienone is 3. The summed E-state index contributed by atoms with van der Waals surface area (Å²) < 4.78 is 6.25. The summed E-state index contributed by atoms with van der Waals surface area (Å²) in [6, 6.07) is 9.06. The smallest absolute Gasteiger partial charge is 0.130 e. The second-order valence-corrected chi connectivity index (χ2v) is 7.90. The molecule has 1 spiro atoms. The largest absolute Gasteiger partial charge is 0.485 e. The van der Waals surface area contributed by atoms with Gasteiger partial charge in [-0.25, -0.2) is 0 Å². The van der Waals surface area contributed by atoms with Gasteiger partial charge in [-0.1, -0.05) is 48.6 Å². The Bertz CT molecular complexity index is 874. The molecule has 5 aliphatic rings. The fraction of sp³-hybridized carbons (Fsp3) is 0.364. The van der Waals surface area contributed by atoms with E-state index in [2.05, 4.69) is 79.5 Å². The van der Waals surface area contributed by atoms with Crippen LogP contribution < -0.4 is 4.74 Å². The Hall–Kier alpha value is -2.22. The maximum atomic E-state index is 6.25. The van der Waals surface area contributed by atoms with Crippen molar-refractivity contribution in [3.05, 3.63) is 77.6 Å². The molecule has 2 nitrogen and oxygen atoms in total. The molecule has 24 heavy (non-hydrogen) atoms. The van der Waals surface area contributed by atoms with E-state index in [-0.39, 0.29) is 11.6 Å². The Morgan fingerprint density at radius 1 is 1.12 bits per heavy atom. The van der Waals surface area contributed by atoms with Crippen molar-refractivity contribution in [3.8, 4) is 5.75 Å². The van der Waals surface area contributed by atoms with Crippen LogP contribution in [0, 0.1) is 11.8 Å². The molecule has 0 amide bonds. The molecule has 0 bridgehead atoms. The van der Waals surface area contributed by atoms with Crippen molar-refractivity contribution in [1.29, 1.82) is 0 Å². The Balaban J connectivity index is 1.56. The highest BCUT2D eigenvalue weighted by molar-refractivity contribution is 5.62. The van der Waals surface area contributed by atoms with Crippen LogP contribution in [0.25, 0.3) is 0 Å². The second kappa shape index (κ2) is 4.05. The summed E-state index contributed by atoms with van der Waals surface area (Å²) in [6.45, 7) is 4.66. The van der Waals surface area contributed by atoms with Crippen molar-refractivity contribution in [2.75, 3.05) is 0 Å². The molecule has 0 saturated heterocycles. The molecule has 2 aliphatic heterocycles.